The lowest BCUT2D eigenvalue weighted by Gasteiger charge is -2.43. The highest BCUT2D eigenvalue weighted by Gasteiger charge is 2.53. The summed E-state index contributed by atoms with van der Waals surface area (Å²) < 4.78 is 47.5. The summed E-state index contributed by atoms with van der Waals surface area (Å²) in [4.78, 5) is 4.54. The van der Waals surface area contributed by atoms with E-state index >= 15 is 0 Å². The van der Waals surface area contributed by atoms with Crippen LogP contribution in [0.2, 0.25) is 0 Å². The molecule has 0 aromatic carbocycles. The third kappa shape index (κ3) is 3.08. The molecule has 4 aliphatic rings. The van der Waals surface area contributed by atoms with Crippen LogP contribution in [0.1, 0.15) is 13.8 Å². The van der Waals surface area contributed by atoms with Crippen molar-refractivity contribution in [1.29, 1.82) is 21.0 Å². The van der Waals surface area contributed by atoms with Crippen LogP contribution in [0.5, 0.6) is 0 Å². The Balaban J connectivity index is 2.11. The minimum absolute atomic E-state index is 0.0472. The van der Waals surface area contributed by atoms with Crippen LogP contribution in [0.25, 0.3) is 0 Å². The number of nitriles is 4. The van der Waals surface area contributed by atoms with E-state index in [0.29, 0.717) is 0 Å². The van der Waals surface area contributed by atoms with E-state index in [1.165, 1.54) is 13.0 Å². The van der Waals surface area contributed by atoms with E-state index in [1.807, 2.05) is 12.1 Å². The van der Waals surface area contributed by atoms with Gasteiger partial charge in [0, 0.05) is 5.57 Å². The van der Waals surface area contributed by atoms with E-state index in [2.05, 4.69) is 19.4 Å². The summed E-state index contributed by atoms with van der Waals surface area (Å²) in [6, 6.07) is 7.26. The molecule has 8 nitrogen and oxygen atoms in total. The molecular weight excluding hydrogens is 453 g/mol. The summed E-state index contributed by atoms with van der Waals surface area (Å²) in [5.74, 6) is 0. The minimum Gasteiger partial charge on any atom is -0.369 e. The fraction of sp³-hybridized carbons (Fsp3) is 0.238. The summed E-state index contributed by atoms with van der Waals surface area (Å²) in [7, 11) is 0. The largest absolute Gasteiger partial charge is 0.416 e. The molecule has 0 aromatic heterocycles. The molecule has 0 saturated carbocycles. The van der Waals surface area contributed by atoms with Crippen LogP contribution >= 0.6 is 12.1 Å². The van der Waals surface area contributed by atoms with Gasteiger partial charge in [-0.15, -0.1) is 0 Å². The van der Waals surface area contributed by atoms with Crippen LogP contribution in [-0.2, 0) is 0 Å². The van der Waals surface area contributed by atoms with Gasteiger partial charge in [-0.3, -0.25) is 0 Å². The molecule has 0 amide bonds. The first kappa shape index (κ1) is 22.1. The van der Waals surface area contributed by atoms with Gasteiger partial charge in [-0.2, -0.15) is 34.2 Å². The Morgan fingerprint density at radius 1 is 1.03 bits per heavy atom. The van der Waals surface area contributed by atoms with E-state index in [9.17, 15) is 34.2 Å². The Bertz CT molecular complexity index is 1360. The molecule has 4 rings (SSSR count). The van der Waals surface area contributed by atoms with Crippen molar-refractivity contribution in [2.45, 2.75) is 31.1 Å². The molecule has 2 unspecified atom stereocenters. The van der Waals surface area contributed by atoms with Crippen molar-refractivity contribution in [3.05, 3.63) is 57.5 Å². The lowest BCUT2D eigenvalue weighted by Crippen LogP contribution is -2.57. The molecule has 0 aromatic rings. The average molecular weight is 464 g/mol. The lowest BCUT2D eigenvalue weighted by molar-refractivity contribution is -0.0887. The highest BCUT2D eigenvalue weighted by atomic mass is 32.2. The zero-order valence-corrected chi connectivity index (χ0v) is 17.8. The molecule has 2 atom stereocenters. The molecule has 162 valence electrons. The number of aliphatic imine (C=N–C) groups is 1. The second-order valence-electron chi connectivity index (χ2n) is 7.68. The number of hydrogen-bond acceptors (Lipinski definition) is 9. The van der Waals surface area contributed by atoms with Crippen LogP contribution in [0.15, 0.2) is 66.9 Å². The summed E-state index contributed by atoms with van der Waals surface area (Å²) >= 11 is 0.891. The lowest BCUT2D eigenvalue weighted by atomic mass is 9.71. The van der Waals surface area contributed by atoms with Gasteiger partial charge in [0.25, 0.3) is 0 Å². The van der Waals surface area contributed by atoms with Crippen LogP contribution in [0.3, 0.4) is 0 Å². The van der Waals surface area contributed by atoms with E-state index < -0.39 is 22.8 Å². The van der Waals surface area contributed by atoms with Crippen LogP contribution in [0.4, 0.5) is 13.2 Å². The van der Waals surface area contributed by atoms with Crippen molar-refractivity contribution in [2.24, 2.45) is 9.39 Å². The average Bonchev–Trinajstić information content (AvgIpc) is 3.15. The molecule has 0 saturated heterocycles. The Labute approximate surface area is 190 Å². The Morgan fingerprint density at radius 3 is 2.24 bits per heavy atom. The van der Waals surface area contributed by atoms with Gasteiger partial charge in [0.2, 0.25) is 0 Å². The number of nitrogens with zero attached hydrogens (tertiary/aromatic N) is 6. The fourth-order valence-electron chi connectivity index (χ4n) is 4.07. The standard InChI is InChI=1S/C21H11F3N8S/c1-19-5-12(21(22,23)24)3-4-13(19)29-17-15(11(8-27)9-28)20(2)18(31-33-32-20)14(16(17)30-19)10(6-25)7-26/h3-5,30,32H,1-2H3. The van der Waals surface area contributed by atoms with Gasteiger partial charge in [-0.05, 0) is 32.1 Å². The van der Waals surface area contributed by atoms with Gasteiger partial charge >= 0.3 is 6.18 Å². The molecule has 0 bridgehead atoms. The second-order valence-corrected chi connectivity index (χ2v) is 8.25. The Kier molecular flexibility index (Phi) is 4.83. The molecule has 33 heavy (non-hydrogen) atoms. The van der Waals surface area contributed by atoms with Gasteiger partial charge in [0.1, 0.15) is 35.4 Å². The van der Waals surface area contributed by atoms with Crippen LogP contribution in [-0.4, -0.2) is 28.7 Å². The summed E-state index contributed by atoms with van der Waals surface area (Å²) in [6.45, 7) is 3.09. The van der Waals surface area contributed by atoms with Crippen LogP contribution < -0.4 is 10.0 Å². The van der Waals surface area contributed by atoms with Gasteiger partial charge in [-0.25, -0.2) is 14.1 Å². The molecule has 0 spiro atoms. The van der Waals surface area contributed by atoms with Gasteiger partial charge < -0.3 is 5.32 Å². The van der Waals surface area contributed by atoms with Crippen molar-refractivity contribution < 1.29 is 13.2 Å². The van der Waals surface area contributed by atoms with Crippen molar-refractivity contribution in [3.63, 3.8) is 0 Å². The number of fused-ring (bicyclic) bond motifs is 2. The van der Waals surface area contributed by atoms with Crippen LogP contribution in [0, 0.1) is 45.3 Å². The van der Waals surface area contributed by atoms with Gasteiger partial charge in [-0.1, -0.05) is 0 Å². The van der Waals surface area contributed by atoms with Crippen molar-refractivity contribution in [3.8, 4) is 24.3 Å². The first-order valence-corrected chi connectivity index (χ1v) is 10.0. The Hall–Kier alpha value is -4.10. The highest BCUT2D eigenvalue weighted by Crippen LogP contribution is 2.48. The highest BCUT2D eigenvalue weighted by molar-refractivity contribution is 7.96. The SMILES string of the molecule is CC12C=C(C(F)(F)F)C=CC1=NC1=C(N2)C(=C(C#N)C#N)C2=NSNC2(C)C1=C(C#N)C#N. The zero-order chi connectivity index (χ0) is 24.2. The van der Waals surface area contributed by atoms with Gasteiger partial charge in [0.05, 0.1) is 57.2 Å². The Morgan fingerprint density at radius 2 is 1.67 bits per heavy atom. The number of hydrogen-bond donors (Lipinski definition) is 2. The number of alkyl halides is 3. The third-order valence-electron chi connectivity index (χ3n) is 5.61. The predicted octanol–water partition coefficient (Wildman–Crippen LogP) is 3.13. The first-order valence-electron chi connectivity index (χ1n) is 9.26. The van der Waals surface area contributed by atoms with E-state index in [-0.39, 0.29) is 45.1 Å². The second kappa shape index (κ2) is 7.21. The predicted molar refractivity (Wildman–Crippen MR) is 112 cm³/mol. The van der Waals surface area contributed by atoms with Crippen molar-refractivity contribution >= 4 is 23.6 Å². The summed E-state index contributed by atoms with van der Waals surface area (Å²) in [6.07, 6.45) is -1.55. The smallest absolute Gasteiger partial charge is 0.369 e. The number of halogens is 3. The monoisotopic (exact) mass is 464 g/mol. The summed E-state index contributed by atoms with van der Waals surface area (Å²) in [5.41, 5.74) is -3.53. The third-order valence-corrected chi connectivity index (χ3v) is 6.38. The minimum atomic E-state index is -4.61. The topological polar surface area (TPSA) is 144 Å². The maximum atomic E-state index is 13.4. The normalized spacial score (nSPS) is 27.2. The maximum Gasteiger partial charge on any atom is 0.416 e. The quantitative estimate of drug-likeness (QED) is 0.414. The van der Waals surface area contributed by atoms with Gasteiger partial charge in [0.15, 0.2) is 0 Å². The molecule has 0 fully saturated rings. The molecule has 2 N–H and O–H groups in total. The number of rotatable bonds is 0. The van der Waals surface area contributed by atoms with E-state index in [0.717, 1.165) is 24.3 Å². The van der Waals surface area contributed by atoms with E-state index in [1.54, 1.807) is 19.1 Å². The van der Waals surface area contributed by atoms with Crippen molar-refractivity contribution in [2.75, 3.05) is 0 Å². The zero-order valence-electron chi connectivity index (χ0n) is 17.0. The number of allylic oxidation sites excluding steroid dienone is 5. The molecule has 2 aliphatic carbocycles. The van der Waals surface area contributed by atoms with Crippen molar-refractivity contribution in [1.82, 2.24) is 10.0 Å². The maximum absolute atomic E-state index is 13.4. The molecule has 0 radical (unpaired) electrons. The molecule has 2 heterocycles. The first-order chi connectivity index (χ1) is 15.5. The molecular formula is C21H11F3N8S. The fourth-order valence-corrected chi connectivity index (χ4v) is 4.86. The number of nitrogens with one attached hydrogen (secondary N) is 2. The molecule has 12 heteroatoms. The molecule has 2 aliphatic heterocycles. The summed E-state index contributed by atoms with van der Waals surface area (Å²) in [5, 5.41) is 41.4. The van der Waals surface area contributed by atoms with E-state index in [4.69, 9.17) is 0 Å².